The van der Waals surface area contributed by atoms with Crippen molar-refractivity contribution in [3.63, 3.8) is 0 Å². The summed E-state index contributed by atoms with van der Waals surface area (Å²) in [6.45, 7) is 1.75. The van der Waals surface area contributed by atoms with Gasteiger partial charge >= 0.3 is 0 Å². The molecule has 3 heterocycles. The maximum absolute atomic E-state index is 13.6. The van der Waals surface area contributed by atoms with Crippen LogP contribution in [0.2, 0.25) is 0 Å². The van der Waals surface area contributed by atoms with E-state index in [1.54, 1.807) is 11.5 Å². The van der Waals surface area contributed by atoms with Crippen LogP contribution >= 0.6 is 23.1 Å². The second kappa shape index (κ2) is 8.31. The van der Waals surface area contributed by atoms with Crippen molar-refractivity contribution in [3.8, 4) is 5.69 Å². The molecule has 1 aliphatic carbocycles. The van der Waals surface area contributed by atoms with Gasteiger partial charge in [-0.3, -0.25) is 14.2 Å². The smallest absolute Gasteiger partial charge is 0.267 e. The third kappa shape index (κ3) is 4.23. The Balaban J connectivity index is 1.49. The van der Waals surface area contributed by atoms with Gasteiger partial charge in [0.1, 0.15) is 4.83 Å². The molecule has 1 amide bonds. The van der Waals surface area contributed by atoms with Crippen LogP contribution in [-0.2, 0) is 14.6 Å². The van der Waals surface area contributed by atoms with Crippen LogP contribution in [0.4, 0.5) is 0 Å². The number of benzene rings is 1. The van der Waals surface area contributed by atoms with Gasteiger partial charge in [-0.05, 0) is 55.2 Å². The first-order chi connectivity index (χ1) is 15.3. The number of amides is 1. The minimum atomic E-state index is -3.08. The van der Waals surface area contributed by atoms with E-state index in [1.807, 2.05) is 35.7 Å². The number of nitrogens with one attached hydrogen (secondary N) is 1. The minimum Gasteiger partial charge on any atom is -0.351 e. The van der Waals surface area contributed by atoms with Crippen molar-refractivity contribution in [1.82, 2.24) is 14.9 Å². The third-order valence-corrected chi connectivity index (χ3v) is 9.58. The number of fused-ring (bicyclic) bond motifs is 1. The third-order valence-electron chi connectivity index (χ3n) is 5.87. The number of thiophene rings is 1. The van der Waals surface area contributed by atoms with Gasteiger partial charge in [-0.2, -0.15) is 0 Å². The second-order valence-corrected chi connectivity index (χ2v) is 12.8. The average Bonchev–Trinajstić information content (AvgIpc) is 3.42. The van der Waals surface area contributed by atoms with E-state index in [-0.39, 0.29) is 29.0 Å². The molecule has 2 fully saturated rings. The van der Waals surface area contributed by atoms with Crippen molar-refractivity contribution in [2.75, 3.05) is 11.5 Å². The predicted molar refractivity (Wildman–Crippen MR) is 128 cm³/mol. The summed E-state index contributed by atoms with van der Waals surface area (Å²) in [6, 6.07) is 8.98. The maximum Gasteiger partial charge on any atom is 0.267 e. The lowest BCUT2D eigenvalue weighted by molar-refractivity contribution is -0.120. The summed E-state index contributed by atoms with van der Waals surface area (Å²) >= 11 is 2.69. The van der Waals surface area contributed by atoms with Crippen LogP contribution in [0.3, 0.4) is 0 Å². The summed E-state index contributed by atoms with van der Waals surface area (Å²) in [5.41, 5.74) is 1.68. The molecule has 0 unspecified atom stereocenters. The van der Waals surface area contributed by atoms with Crippen LogP contribution in [0.25, 0.3) is 15.9 Å². The summed E-state index contributed by atoms with van der Waals surface area (Å²) in [6.07, 6.45) is 2.63. The molecule has 2 aliphatic rings. The molecule has 3 aromatic rings. The Kier molecular flexibility index (Phi) is 5.63. The zero-order valence-electron chi connectivity index (χ0n) is 17.5. The van der Waals surface area contributed by atoms with E-state index in [2.05, 4.69) is 5.32 Å². The Labute approximate surface area is 194 Å². The Hall–Kier alpha value is -2.17. The standard InChI is InChI=1S/C22H23N3O4S3/c1-13(19(26)23-15-9-10-32(28,29)12-15)31-22-24-20-18(17(11-30-20)14-7-8-14)21(27)25(22)16-5-3-2-4-6-16/h2-6,11,13-15H,7-10,12H2,1H3,(H,23,26)/t13-,15+/m1/s1. The molecular weight excluding hydrogens is 466 g/mol. The summed E-state index contributed by atoms with van der Waals surface area (Å²) < 4.78 is 25.0. The molecule has 2 atom stereocenters. The fourth-order valence-electron chi connectivity index (χ4n) is 4.01. The van der Waals surface area contributed by atoms with Crippen LogP contribution < -0.4 is 10.9 Å². The first-order valence-corrected chi connectivity index (χ1v) is 14.2. The number of aromatic nitrogens is 2. The molecule has 168 valence electrons. The summed E-state index contributed by atoms with van der Waals surface area (Å²) in [4.78, 5) is 31.9. The molecule has 32 heavy (non-hydrogen) atoms. The van der Waals surface area contributed by atoms with Crippen molar-refractivity contribution < 1.29 is 13.2 Å². The number of nitrogens with zero attached hydrogens (tertiary/aromatic N) is 2. The Morgan fingerprint density at radius 1 is 1.25 bits per heavy atom. The number of thioether (sulfide) groups is 1. The van der Waals surface area contributed by atoms with Gasteiger partial charge in [0.05, 0.1) is 27.8 Å². The molecule has 2 aromatic heterocycles. The van der Waals surface area contributed by atoms with Crippen LogP contribution in [0.5, 0.6) is 0 Å². The number of sulfone groups is 1. The normalized spacial score (nSPS) is 21.0. The molecule has 1 aromatic carbocycles. The molecule has 0 radical (unpaired) electrons. The van der Waals surface area contributed by atoms with Crippen molar-refractivity contribution >= 4 is 49.1 Å². The fourth-order valence-corrected chi connectivity index (χ4v) is 7.68. The van der Waals surface area contributed by atoms with E-state index in [9.17, 15) is 18.0 Å². The molecular formula is C22H23N3O4S3. The zero-order chi connectivity index (χ0) is 22.5. The molecule has 1 N–H and O–H groups in total. The number of rotatable bonds is 6. The van der Waals surface area contributed by atoms with Gasteiger partial charge in [-0.15, -0.1) is 11.3 Å². The van der Waals surface area contributed by atoms with Crippen molar-refractivity contribution in [3.05, 3.63) is 51.6 Å². The van der Waals surface area contributed by atoms with Crippen LogP contribution in [-0.4, -0.2) is 46.7 Å². The Bertz CT molecular complexity index is 1340. The lowest BCUT2D eigenvalue weighted by atomic mass is 10.1. The van der Waals surface area contributed by atoms with E-state index in [0.29, 0.717) is 33.4 Å². The molecule has 5 rings (SSSR count). The number of hydrogen-bond donors (Lipinski definition) is 1. The summed E-state index contributed by atoms with van der Waals surface area (Å²) in [5, 5.41) is 5.48. The molecule has 1 saturated carbocycles. The predicted octanol–water partition coefficient (Wildman–Crippen LogP) is 3.11. The first kappa shape index (κ1) is 21.7. The van der Waals surface area contributed by atoms with Gasteiger partial charge in [0.15, 0.2) is 15.0 Å². The van der Waals surface area contributed by atoms with Gasteiger partial charge in [-0.1, -0.05) is 30.0 Å². The highest BCUT2D eigenvalue weighted by Crippen LogP contribution is 2.44. The highest BCUT2D eigenvalue weighted by atomic mass is 32.2. The topological polar surface area (TPSA) is 98.1 Å². The number of carbonyl (C=O) groups is 1. The summed E-state index contributed by atoms with van der Waals surface area (Å²) in [5.74, 6) is 0.269. The number of hydrogen-bond acceptors (Lipinski definition) is 7. The quantitative estimate of drug-likeness (QED) is 0.422. The van der Waals surface area contributed by atoms with Crippen molar-refractivity contribution in [1.29, 1.82) is 0 Å². The lowest BCUT2D eigenvalue weighted by Gasteiger charge is -2.18. The van der Waals surface area contributed by atoms with E-state index < -0.39 is 15.1 Å². The van der Waals surface area contributed by atoms with Crippen LogP contribution in [0, 0.1) is 0 Å². The van der Waals surface area contributed by atoms with E-state index in [0.717, 1.165) is 18.4 Å². The van der Waals surface area contributed by atoms with Crippen molar-refractivity contribution in [2.45, 2.75) is 48.6 Å². The van der Waals surface area contributed by atoms with Crippen LogP contribution in [0.1, 0.15) is 37.7 Å². The number of para-hydroxylation sites is 1. The van der Waals surface area contributed by atoms with Gasteiger partial charge in [0.25, 0.3) is 5.56 Å². The molecule has 10 heteroatoms. The number of carbonyl (C=O) groups excluding carboxylic acids is 1. The van der Waals surface area contributed by atoms with Gasteiger partial charge in [0.2, 0.25) is 5.91 Å². The molecule has 0 spiro atoms. The molecule has 7 nitrogen and oxygen atoms in total. The lowest BCUT2D eigenvalue weighted by Crippen LogP contribution is -2.40. The summed E-state index contributed by atoms with van der Waals surface area (Å²) in [7, 11) is -3.08. The average molecular weight is 490 g/mol. The Morgan fingerprint density at radius 2 is 2.00 bits per heavy atom. The minimum absolute atomic E-state index is 0.0196. The van der Waals surface area contributed by atoms with Gasteiger partial charge in [-0.25, -0.2) is 13.4 Å². The van der Waals surface area contributed by atoms with Crippen molar-refractivity contribution in [2.24, 2.45) is 0 Å². The Morgan fingerprint density at radius 3 is 2.66 bits per heavy atom. The van der Waals surface area contributed by atoms with Gasteiger partial charge in [0, 0.05) is 6.04 Å². The molecule has 0 bridgehead atoms. The highest BCUT2D eigenvalue weighted by molar-refractivity contribution is 8.00. The second-order valence-electron chi connectivity index (χ2n) is 8.38. The van der Waals surface area contributed by atoms with Crippen LogP contribution in [0.15, 0.2) is 45.7 Å². The highest BCUT2D eigenvalue weighted by Gasteiger charge is 2.32. The van der Waals surface area contributed by atoms with E-state index >= 15 is 0 Å². The molecule has 1 saturated heterocycles. The van der Waals surface area contributed by atoms with E-state index in [4.69, 9.17) is 4.98 Å². The fraction of sp³-hybridized carbons (Fsp3) is 0.409. The molecule has 1 aliphatic heterocycles. The monoisotopic (exact) mass is 489 g/mol. The largest absolute Gasteiger partial charge is 0.351 e. The van der Waals surface area contributed by atoms with E-state index in [1.165, 1.54) is 23.1 Å². The maximum atomic E-state index is 13.6. The SMILES string of the molecule is C[C@@H](Sc1nc2scc(C3CC3)c2c(=O)n1-c1ccccc1)C(=O)N[C@H]1CCS(=O)(=O)C1. The van der Waals surface area contributed by atoms with Gasteiger partial charge < -0.3 is 5.32 Å². The zero-order valence-corrected chi connectivity index (χ0v) is 19.9. The first-order valence-electron chi connectivity index (χ1n) is 10.6.